The highest BCUT2D eigenvalue weighted by atomic mass is 32.1. The predicted molar refractivity (Wildman–Crippen MR) is 72.6 cm³/mol. The Morgan fingerprint density at radius 2 is 2.21 bits per heavy atom. The predicted octanol–water partition coefficient (Wildman–Crippen LogP) is 1.81. The fourth-order valence-corrected chi connectivity index (χ4v) is 2.66. The number of fused-ring (bicyclic) bond motifs is 1. The molecule has 1 unspecified atom stereocenters. The highest BCUT2D eigenvalue weighted by Gasteiger charge is 2.21. The van der Waals surface area contributed by atoms with Gasteiger partial charge in [-0.2, -0.15) is 0 Å². The lowest BCUT2D eigenvalue weighted by atomic mass is 10.2. The molecule has 0 spiro atoms. The van der Waals surface area contributed by atoms with E-state index in [1.165, 1.54) is 11.5 Å². The van der Waals surface area contributed by atoms with Gasteiger partial charge in [0.2, 0.25) is 0 Å². The van der Waals surface area contributed by atoms with Crippen LogP contribution in [0, 0.1) is 0 Å². The summed E-state index contributed by atoms with van der Waals surface area (Å²) in [5.41, 5.74) is 0. The van der Waals surface area contributed by atoms with E-state index in [0.717, 1.165) is 29.5 Å². The van der Waals surface area contributed by atoms with Crippen LogP contribution in [0.25, 0.3) is 0 Å². The molecule has 1 aliphatic rings. The van der Waals surface area contributed by atoms with Crippen molar-refractivity contribution in [2.75, 3.05) is 20.2 Å². The summed E-state index contributed by atoms with van der Waals surface area (Å²) >= 11 is 1.43. The zero-order chi connectivity index (χ0) is 13.1. The highest BCUT2D eigenvalue weighted by molar-refractivity contribution is 7.05. The SMILES string of the molecule is CN(Cc1cnns1)CC1COc2ccccc2O1. The Labute approximate surface area is 115 Å². The van der Waals surface area contributed by atoms with Crippen molar-refractivity contribution in [1.29, 1.82) is 0 Å². The van der Waals surface area contributed by atoms with Gasteiger partial charge in [-0.05, 0) is 30.7 Å². The Balaban J connectivity index is 1.57. The third-order valence-electron chi connectivity index (χ3n) is 2.92. The summed E-state index contributed by atoms with van der Waals surface area (Å²) in [5, 5.41) is 3.84. The van der Waals surface area contributed by atoms with E-state index in [0.29, 0.717) is 6.61 Å². The fourth-order valence-electron chi connectivity index (χ4n) is 2.09. The summed E-state index contributed by atoms with van der Waals surface area (Å²) in [6.45, 7) is 2.23. The second-order valence-corrected chi connectivity index (χ2v) is 5.45. The van der Waals surface area contributed by atoms with Gasteiger partial charge in [0.1, 0.15) is 12.7 Å². The standard InChI is InChI=1S/C13H15N3O2S/c1-16(8-11-6-14-15-19-11)7-10-9-17-12-4-2-3-5-13(12)18-10/h2-6,10H,7-9H2,1H3. The summed E-state index contributed by atoms with van der Waals surface area (Å²) in [6.07, 6.45) is 1.86. The van der Waals surface area contributed by atoms with Gasteiger partial charge in [-0.25, -0.2) is 0 Å². The Morgan fingerprint density at radius 1 is 1.37 bits per heavy atom. The summed E-state index contributed by atoms with van der Waals surface area (Å²) < 4.78 is 15.5. The van der Waals surface area contributed by atoms with Crippen molar-refractivity contribution < 1.29 is 9.47 Å². The van der Waals surface area contributed by atoms with E-state index >= 15 is 0 Å². The number of likely N-dealkylation sites (N-methyl/N-ethyl adjacent to an activating group) is 1. The van der Waals surface area contributed by atoms with Crippen LogP contribution < -0.4 is 9.47 Å². The zero-order valence-corrected chi connectivity index (χ0v) is 11.5. The monoisotopic (exact) mass is 277 g/mol. The number of rotatable bonds is 4. The van der Waals surface area contributed by atoms with Crippen molar-refractivity contribution in [3.63, 3.8) is 0 Å². The molecule has 1 aromatic heterocycles. The smallest absolute Gasteiger partial charge is 0.161 e. The number of para-hydroxylation sites is 2. The molecule has 1 aromatic carbocycles. The van der Waals surface area contributed by atoms with Crippen LogP contribution in [0.15, 0.2) is 30.5 Å². The van der Waals surface area contributed by atoms with Crippen molar-refractivity contribution in [2.24, 2.45) is 0 Å². The molecule has 0 N–H and O–H groups in total. The van der Waals surface area contributed by atoms with Crippen LogP contribution in [0.3, 0.4) is 0 Å². The maximum Gasteiger partial charge on any atom is 0.161 e. The second-order valence-electron chi connectivity index (χ2n) is 4.58. The third kappa shape index (κ3) is 3.02. The zero-order valence-electron chi connectivity index (χ0n) is 10.7. The Kier molecular flexibility index (Phi) is 3.61. The molecule has 0 bridgehead atoms. The van der Waals surface area contributed by atoms with Crippen LogP contribution in [-0.2, 0) is 6.54 Å². The minimum absolute atomic E-state index is 0.0563. The summed E-state index contributed by atoms with van der Waals surface area (Å²) in [6, 6.07) is 7.77. The first-order valence-corrected chi connectivity index (χ1v) is 6.92. The number of nitrogens with zero attached hydrogens (tertiary/aromatic N) is 3. The number of hydrogen-bond donors (Lipinski definition) is 0. The largest absolute Gasteiger partial charge is 0.486 e. The molecule has 19 heavy (non-hydrogen) atoms. The Hall–Kier alpha value is -1.66. The van der Waals surface area contributed by atoms with Gasteiger partial charge >= 0.3 is 0 Å². The van der Waals surface area contributed by atoms with Gasteiger partial charge in [0.25, 0.3) is 0 Å². The van der Waals surface area contributed by atoms with Crippen molar-refractivity contribution in [2.45, 2.75) is 12.6 Å². The van der Waals surface area contributed by atoms with Gasteiger partial charge in [0, 0.05) is 13.1 Å². The van der Waals surface area contributed by atoms with Crippen LogP contribution in [0.5, 0.6) is 11.5 Å². The molecular weight excluding hydrogens is 262 g/mol. The quantitative estimate of drug-likeness (QED) is 0.853. The number of ether oxygens (including phenoxy) is 2. The summed E-state index contributed by atoms with van der Waals surface area (Å²) in [4.78, 5) is 3.34. The second kappa shape index (κ2) is 5.54. The van der Waals surface area contributed by atoms with Crippen molar-refractivity contribution in [3.05, 3.63) is 35.3 Å². The molecule has 0 amide bonds. The van der Waals surface area contributed by atoms with Gasteiger partial charge in [-0.1, -0.05) is 16.6 Å². The first kappa shape index (κ1) is 12.4. The topological polar surface area (TPSA) is 47.5 Å². The molecule has 1 atom stereocenters. The average Bonchev–Trinajstić information content (AvgIpc) is 2.91. The van der Waals surface area contributed by atoms with E-state index in [-0.39, 0.29) is 6.10 Å². The molecule has 0 saturated heterocycles. The maximum absolute atomic E-state index is 5.93. The normalized spacial score (nSPS) is 17.7. The van der Waals surface area contributed by atoms with Crippen LogP contribution in [-0.4, -0.2) is 40.8 Å². The van der Waals surface area contributed by atoms with Crippen molar-refractivity contribution >= 4 is 11.5 Å². The van der Waals surface area contributed by atoms with Crippen LogP contribution in [0.2, 0.25) is 0 Å². The fraction of sp³-hybridized carbons (Fsp3) is 0.385. The summed E-state index contributed by atoms with van der Waals surface area (Å²) in [5.74, 6) is 1.65. The molecule has 5 nitrogen and oxygen atoms in total. The highest BCUT2D eigenvalue weighted by Crippen LogP contribution is 2.30. The lowest BCUT2D eigenvalue weighted by Crippen LogP contribution is -2.39. The molecule has 1 aliphatic heterocycles. The minimum Gasteiger partial charge on any atom is -0.486 e. The molecule has 2 heterocycles. The van der Waals surface area contributed by atoms with Crippen molar-refractivity contribution in [1.82, 2.24) is 14.5 Å². The van der Waals surface area contributed by atoms with Crippen LogP contribution >= 0.6 is 11.5 Å². The Bertz CT molecular complexity index is 532. The molecule has 0 saturated carbocycles. The summed E-state index contributed by atoms with van der Waals surface area (Å²) in [7, 11) is 2.06. The van der Waals surface area contributed by atoms with E-state index < -0.39 is 0 Å². The van der Waals surface area contributed by atoms with E-state index in [9.17, 15) is 0 Å². The molecule has 0 radical (unpaired) electrons. The number of benzene rings is 1. The first-order valence-electron chi connectivity index (χ1n) is 6.14. The first-order chi connectivity index (χ1) is 9.31. The van der Waals surface area contributed by atoms with E-state index in [1.807, 2.05) is 24.3 Å². The lowest BCUT2D eigenvalue weighted by Gasteiger charge is -2.29. The molecule has 0 aliphatic carbocycles. The Morgan fingerprint density at radius 3 is 3.00 bits per heavy atom. The minimum atomic E-state index is 0.0563. The third-order valence-corrected chi connectivity index (χ3v) is 3.56. The molecular formula is C13H15N3O2S. The molecule has 6 heteroatoms. The molecule has 100 valence electrons. The average molecular weight is 277 g/mol. The number of aromatic nitrogens is 2. The van der Waals surface area contributed by atoms with Crippen LogP contribution in [0.4, 0.5) is 0 Å². The van der Waals surface area contributed by atoms with Gasteiger partial charge in [0.05, 0.1) is 11.1 Å². The maximum atomic E-state index is 5.93. The van der Waals surface area contributed by atoms with E-state index in [1.54, 1.807) is 6.20 Å². The van der Waals surface area contributed by atoms with Crippen LogP contribution in [0.1, 0.15) is 4.88 Å². The van der Waals surface area contributed by atoms with Crippen molar-refractivity contribution in [3.8, 4) is 11.5 Å². The van der Waals surface area contributed by atoms with Gasteiger partial charge in [-0.15, -0.1) is 5.10 Å². The molecule has 2 aromatic rings. The molecule has 0 fully saturated rings. The molecule has 3 rings (SSSR count). The van der Waals surface area contributed by atoms with Gasteiger partial charge in [0.15, 0.2) is 11.5 Å². The van der Waals surface area contributed by atoms with Gasteiger partial charge < -0.3 is 9.47 Å². The van der Waals surface area contributed by atoms with E-state index in [2.05, 4.69) is 21.5 Å². The van der Waals surface area contributed by atoms with Gasteiger partial charge in [-0.3, -0.25) is 4.90 Å². The lowest BCUT2D eigenvalue weighted by molar-refractivity contribution is 0.0640. The number of hydrogen-bond acceptors (Lipinski definition) is 6. The van der Waals surface area contributed by atoms with E-state index in [4.69, 9.17) is 9.47 Å².